The molecule has 12 nitrogen and oxygen atoms in total. The van der Waals surface area contributed by atoms with Gasteiger partial charge in [0.05, 0.1) is 85.9 Å². The lowest BCUT2D eigenvalue weighted by Crippen LogP contribution is -2.32. The molecule has 0 radical (unpaired) electrons. The molecule has 4 rings (SSSR count). The van der Waals surface area contributed by atoms with Crippen LogP contribution in [0.4, 0.5) is 15.3 Å². The smallest absolute Gasteiger partial charge is 0.411 e. The van der Waals surface area contributed by atoms with Gasteiger partial charge in [0.25, 0.3) is 0 Å². The lowest BCUT2D eigenvalue weighted by Gasteiger charge is -2.26. The van der Waals surface area contributed by atoms with E-state index in [1.54, 1.807) is 7.05 Å². The Labute approximate surface area is 340 Å². The molecule has 3 amide bonds. The molecule has 0 spiro atoms. The molecule has 2 heterocycles. The van der Waals surface area contributed by atoms with Gasteiger partial charge in [-0.05, 0) is 82.2 Å². The molecule has 3 N–H and O–H groups in total. The number of amides is 3. The molecule has 2 aromatic rings. The Morgan fingerprint density at radius 1 is 0.684 bits per heavy atom. The van der Waals surface area contributed by atoms with Crippen molar-refractivity contribution in [2.75, 3.05) is 85.0 Å². The van der Waals surface area contributed by atoms with Crippen molar-refractivity contribution in [2.45, 2.75) is 85.4 Å². The molecule has 0 aromatic heterocycles. The molecule has 0 unspecified atom stereocenters. The first-order valence-electron chi connectivity index (χ1n) is 19.9. The summed E-state index contributed by atoms with van der Waals surface area (Å²) in [5, 5.41) is 8.44. The van der Waals surface area contributed by atoms with Crippen LogP contribution < -0.4 is 16.0 Å². The zero-order chi connectivity index (χ0) is 41.5. The summed E-state index contributed by atoms with van der Waals surface area (Å²) < 4.78 is 40.3. The second-order valence-corrected chi connectivity index (χ2v) is 16.0. The van der Waals surface area contributed by atoms with E-state index < -0.39 is 6.09 Å². The Morgan fingerprint density at radius 3 is 1.68 bits per heavy atom. The molecule has 2 aliphatic rings. The highest BCUT2D eigenvalue weighted by Gasteiger charge is 2.21. The van der Waals surface area contributed by atoms with Crippen molar-refractivity contribution in [3.8, 4) is 0 Å². The van der Waals surface area contributed by atoms with Gasteiger partial charge in [-0.1, -0.05) is 84.0 Å². The number of hydrogen-bond donors (Lipinski definition) is 3. The van der Waals surface area contributed by atoms with Gasteiger partial charge in [0.1, 0.15) is 0 Å². The van der Waals surface area contributed by atoms with Crippen LogP contribution in [0.3, 0.4) is 0 Å². The zero-order valence-electron chi connectivity index (χ0n) is 35.6. The van der Waals surface area contributed by atoms with Crippen molar-refractivity contribution in [3.63, 3.8) is 0 Å². The molecule has 12 heteroatoms. The molecule has 0 saturated heterocycles. The van der Waals surface area contributed by atoms with Gasteiger partial charge >= 0.3 is 12.1 Å². The second kappa shape index (κ2) is 25.3. The quantitative estimate of drug-likeness (QED) is 0.188. The maximum absolute atomic E-state index is 12.9. The minimum Gasteiger partial charge on any atom is -0.449 e. The summed E-state index contributed by atoms with van der Waals surface area (Å²) in [7, 11) is 1.56. The van der Waals surface area contributed by atoms with Crippen LogP contribution in [-0.4, -0.2) is 91.8 Å². The van der Waals surface area contributed by atoms with E-state index in [9.17, 15) is 9.59 Å². The highest BCUT2D eigenvalue weighted by atomic mass is 16.6. The monoisotopic (exact) mass is 793 g/mol. The zero-order valence-corrected chi connectivity index (χ0v) is 35.6. The number of hydrogen-bond acceptors (Lipinski definition) is 9. The van der Waals surface area contributed by atoms with Crippen LogP contribution in [0.15, 0.2) is 77.5 Å². The van der Waals surface area contributed by atoms with E-state index in [-0.39, 0.29) is 30.1 Å². The molecule has 0 atom stereocenters. The van der Waals surface area contributed by atoms with Crippen molar-refractivity contribution in [1.29, 1.82) is 0 Å². The van der Waals surface area contributed by atoms with Crippen LogP contribution in [0, 0.1) is 0 Å². The fourth-order valence-electron chi connectivity index (χ4n) is 5.40. The summed E-state index contributed by atoms with van der Waals surface area (Å²) in [6, 6.07) is 14.0. The SMILES string of the molecule is CNC(=O)N/C(=C/C1=C\C=C(/C)COCCOCCOCc2ccc(cc2)COCCOCCOC1)CCCOC(=O)Nc1cc(C(C)(C)C)cc(C(C)(C)C)c1. The lowest BCUT2D eigenvalue weighted by molar-refractivity contribution is 0.0138. The van der Waals surface area contributed by atoms with Gasteiger partial charge < -0.3 is 43.8 Å². The van der Waals surface area contributed by atoms with E-state index in [0.29, 0.717) is 96.9 Å². The average Bonchev–Trinajstić information content (AvgIpc) is 3.16. The number of nitrogens with one attached hydrogen (secondary N) is 3. The summed E-state index contributed by atoms with van der Waals surface area (Å²) in [6.45, 7) is 20.4. The van der Waals surface area contributed by atoms with Gasteiger partial charge in [0, 0.05) is 18.4 Å². The van der Waals surface area contributed by atoms with E-state index in [0.717, 1.165) is 33.4 Å². The first kappa shape index (κ1) is 47.3. The number of carbonyl (C=O) groups is 2. The third-order valence-corrected chi connectivity index (χ3v) is 8.82. The van der Waals surface area contributed by atoms with Gasteiger partial charge in [0.2, 0.25) is 0 Å². The second-order valence-electron chi connectivity index (χ2n) is 16.0. The Kier molecular flexibility index (Phi) is 21.1. The van der Waals surface area contributed by atoms with E-state index in [4.69, 9.17) is 33.2 Å². The standard InChI is InChI=1S/C45H67N3O9/c1-34-11-12-37(33-56-25-21-52-20-24-55-32-36-15-13-35(14-16-36)31-54-23-19-51-18-22-53-30-34)26-40(47-42(49)46-8)10-9-17-57-43(50)48-41-28-38(44(2,3)4)27-39(29-41)45(5,6)7/h11-16,26-29H,9-10,17-25,30-33H2,1-8H3,(H,48,50)(H2,46,47,49)/b34-11+,37-12+,40-26+. The van der Waals surface area contributed by atoms with Crippen molar-refractivity contribution in [3.05, 3.63) is 99.8 Å². The number of benzene rings is 2. The van der Waals surface area contributed by atoms with Crippen LogP contribution in [0.2, 0.25) is 0 Å². The van der Waals surface area contributed by atoms with Crippen LogP contribution in [0.1, 0.15) is 83.6 Å². The van der Waals surface area contributed by atoms with Crippen molar-refractivity contribution >= 4 is 17.8 Å². The molecule has 316 valence electrons. The Morgan fingerprint density at radius 2 is 1.18 bits per heavy atom. The van der Waals surface area contributed by atoms with Gasteiger partial charge in [-0.2, -0.15) is 0 Å². The summed E-state index contributed by atoms with van der Waals surface area (Å²) in [4.78, 5) is 25.3. The predicted molar refractivity (Wildman–Crippen MR) is 225 cm³/mol. The van der Waals surface area contributed by atoms with Gasteiger partial charge in [0.15, 0.2) is 0 Å². The van der Waals surface area contributed by atoms with Crippen molar-refractivity contribution in [1.82, 2.24) is 10.6 Å². The lowest BCUT2D eigenvalue weighted by atomic mass is 9.80. The first-order chi connectivity index (χ1) is 27.2. The van der Waals surface area contributed by atoms with Crippen LogP contribution in [-0.2, 0) is 57.2 Å². The predicted octanol–water partition coefficient (Wildman–Crippen LogP) is 8.11. The van der Waals surface area contributed by atoms with Crippen LogP contribution in [0.25, 0.3) is 0 Å². The minimum atomic E-state index is -0.531. The van der Waals surface area contributed by atoms with Crippen molar-refractivity contribution < 1.29 is 42.7 Å². The molecule has 0 saturated carbocycles. The maximum atomic E-state index is 12.9. The Bertz CT molecular complexity index is 1570. The molecular formula is C45H67N3O9. The highest BCUT2D eigenvalue weighted by molar-refractivity contribution is 5.85. The molecule has 0 fully saturated rings. The average molecular weight is 794 g/mol. The molecular weight excluding hydrogens is 727 g/mol. The highest BCUT2D eigenvalue weighted by Crippen LogP contribution is 2.32. The van der Waals surface area contributed by atoms with E-state index in [1.165, 1.54) is 0 Å². The summed E-state index contributed by atoms with van der Waals surface area (Å²) in [6.07, 6.45) is 6.19. The van der Waals surface area contributed by atoms with Crippen molar-refractivity contribution in [2.24, 2.45) is 0 Å². The fraction of sp³-hybridized carbons (Fsp3) is 0.556. The third-order valence-electron chi connectivity index (χ3n) is 8.82. The van der Waals surface area contributed by atoms with E-state index >= 15 is 0 Å². The number of rotatable bonds is 7. The fourth-order valence-corrected chi connectivity index (χ4v) is 5.40. The Balaban J connectivity index is 1.63. The van der Waals surface area contributed by atoms with Crippen LogP contribution >= 0.6 is 0 Å². The van der Waals surface area contributed by atoms with Crippen LogP contribution in [0.5, 0.6) is 0 Å². The minimum absolute atomic E-state index is 0.0879. The topological polar surface area (TPSA) is 135 Å². The Hall–Kier alpha value is -4.04. The third kappa shape index (κ3) is 20.3. The molecule has 2 bridgehead atoms. The number of urea groups is 1. The number of carbonyl (C=O) groups excluding carboxylic acids is 2. The van der Waals surface area contributed by atoms with Gasteiger partial charge in [-0.3, -0.25) is 5.32 Å². The summed E-state index contributed by atoms with van der Waals surface area (Å²) in [5.74, 6) is 0. The molecule has 0 aliphatic carbocycles. The normalized spacial score (nSPS) is 18.7. The first-order valence-corrected chi connectivity index (χ1v) is 19.9. The van der Waals surface area contributed by atoms with Gasteiger partial charge in [-0.25, -0.2) is 9.59 Å². The molecule has 2 aromatic carbocycles. The molecule has 2 aliphatic heterocycles. The summed E-state index contributed by atoms with van der Waals surface area (Å²) in [5.41, 5.74) is 7.44. The van der Waals surface area contributed by atoms with E-state index in [1.807, 2.05) is 61.5 Å². The van der Waals surface area contributed by atoms with E-state index in [2.05, 4.69) is 63.6 Å². The molecule has 57 heavy (non-hydrogen) atoms. The van der Waals surface area contributed by atoms with Gasteiger partial charge in [-0.15, -0.1) is 0 Å². The number of fused-ring (bicyclic) bond motifs is 21. The number of allylic oxidation sites excluding steroid dienone is 3. The maximum Gasteiger partial charge on any atom is 0.411 e. The summed E-state index contributed by atoms with van der Waals surface area (Å²) >= 11 is 0. The largest absolute Gasteiger partial charge is 0.449 e. The number of anilines is 1. The number of ether oxygens (including phenoxy) is 7.